The lowest BCUT2D eigenvalue weighted by atomic mass is 10.1. The number of hydrogen-bond donors (Lipinski definition) is 3. The molecule has 0 aliphatic carbocycles. The van der Waals surface area contributed by atoms with Crippen molar-refractivity contribution in [1.82, 2.24) is 15.8 Å². The molecule has 0 spiro atoms. The van der Waals surface area contributed by atoms with Crippen molar-refractivity contribution in [3.8, 4) is 0 Å². The summed E-state index contributed by atoms with van der Waals surface area (Å²) in [6, 6.07) is 0.874. The van der Waals surface area contributed by atoms with E-state index in [1.165, 1.54) is 0 Å². The Morgan fingerprint density at radius 2 is 2.33 bits per heavy atom. The SMILES string of the molecule is O=C1CCC(NC(=O)c2cc(C(=O)O)on2)CN1. The van der Waals surface area contributed by atoms with Crippen molar-refractivity contribution in [3.63, 3.8) is 0 Å². The smallest absolute Gasteiger partial charge is 0.374 e. The topological polar surface area (TPSA) is 122 Å². The maximum absolute atomic E-state index is 11.7. The van der Waals surface area contributed by atoms with E-state index in [-0.39, 0.29) is 17.6 Å². The number of hydrogen-bond acceptors (Lipinski definition) is 5. The standard InChI is InChI=1S/C10H11N3O5/c14-8-2-1-5(4-11-8)12-9(15)6-3-7(10(16)17)18-13-6/h3,5H,1-2,4H2,(H,11,14)(H,12,15)(H,16,17). The zero-order chi connectivity index (χ0) is 13.1. The molecule has 2 heterocycles. The number of nitrogens with one attached hydrogen (secondary N) is 2. The molecule has 1 aliphatic heterocycles. The number of aromatic carboxylic acids is 1. The first-order valence-corrected chi connectivity index (χ1v) is 5.34. The zero-order valence-electron chi connectivity index (χ0n) is 9.30. The Kier molecular flexibility index (Phi) is 3.26. The minimum absolute atomic E-state index is 0.0462. The molecule has 18 heavy (non-hydrogen) atoms. The average Bonchev–Trinajstić information content (AvgIpc) is 2.81. The van der Waals surface area contributed by atoms with Gasteiger partial charge >= 0.3 is 5.97 Å². The first-order valence-electron chi connectivity index (χ1n) is 5.34. The van der Waals surface area contributed by atoms with E-state index in [9.17, 15) is 14.4 Å². The summed E-state index contributed by atoms with van der Waals surface area (Å²) in [4.78, 5) is 33.2. The molecule has 1 saturated heterocycles. The molecule has 1 aliphatic rings. The molecule has 96 valence electrons. The van der Waals surface area contributed by atoms with Gasteiger partial charge in [0.05, 0.1) is 0 Å². The molecule has 0 saturated carbocycles. The highest BCUT2D eigenvalue weighted by Gasteiger charge is 2.22. The Bertz CT molecular complexity index is 485. The molecule has 1 atom stereocenters. The Hall–Kier alpha value is -2.38. The summed E-state index contributed by atoms with van der Waals surface area (Å²) in [5.74, 6) is -2.24. The first-order chi connectivity index (χ1) is 8.56. The second-order valence-electron chi connectivity index (χ2n) is 3.89. The van der Waals surface area contributed by atoms with E-state index in [1.807, 2.05) is 0 Å². The molecule has 1 aromatic rings. The van der Waals surface area contributed by atoms with Gasteiger partial charge in [-0.2, -0.15) is 0 Å². The second kappa shape index (κ2) is 4.86. The number of carboxylic acid groups (broad SMARTS) is 1. The largest absolute Gasteiger partial charge is 0.475 e. The molecule has 0 bridgehead atoms. The van der Waals surface area contributed by atoms with Gasteiger partial charge in [0.2, 0.25) is 11.7 Å². The van der Waals surface area contributed by atoms with Crippen molar-refractivity contribution in [1.29, 1.82) is 0 Å². The zero-order valence-corrected chi connectivity index (χ0v) is 9.30. The molecule has 1 fully saturated rings. The van der Waals surface area contributed by atoms with Gasteiger partial charge in [-0.15, -0.1) is 0 Å². The number of carbonyl (C=O) groups excluding carboxylic acids is 2. The van der Waals surface area contributed by atoms with Crippen LogP contribution in [0.25, 0.3) is 0 Å². The highest BCUT2D eigenvalue weighted by molar-refractivity contribution is 5.95. The molecule has 3 N–H and O–H groups in total. The van der Waals surface area contributed by atoms with Crippen LogP contribution in [0, 0.1) is 0 Å². The summed E-state index contributed by atoms with van der Waals surface area (Å²) in [5.41, 5.74) is -0.0932. The number of carboxylic acids is 1. The average molecular weight is 253 g/mol. The maximum atomic E-state index is 11.7. The monoisotopic (exact) mass is 253 g/mol. The van der Waals surface area contributed by atoms with Crippen LogP contribution in [0.3, 0.4) is 0 Å². The Morgan fingerprint density at radius 3 is 2.89 bits per heavy atom. The van der Waals surface area contributed by atoms with Crippen LogP contribution in [0.1, 0.15) is 33.9 Å². The normalized spacial score (nSPS) is 19.1. The number of rotatable bonds is 3. The first kappa shape index (κ1) is 12.1. The molecular weight excluding hydrogens is 242 g/mol. The number of nitrogens with zero attached hydrogens (tertiary/aromatic N) is 1. The van der Waals surface area contributed by atoms with Crippen molar-refractivity contribution >= 4 is 17.8 Å². The van der Waals surface area contributed by atoms with Crippen LogP contribution >= 0.6 is 0 Å². The Morgan fingerprint density at radius 1 is 1.56 bits per heavy atom. The van der Waals surface area contributed by atoms with E-state index in [4.69, 9.17) is 5.11 Å². The lowest BCUT2D eigenvalue weighted by Crippen LogP contribution is -2.47. The van der Waals surface area contributed by atoms with Crippen molar-refractivity contribution in [2.24, 2.45) is 0 Å². The molecule has 1 aromatic heterocycles. The molecule has 8 heteroatoms. The lowest BCUT2D eigenvalue weighted by Gasteiger charge is -2.22. The van der Waals surface area contributed by atoms with Gasteiger partial charge in [-0.05, 0) is 6.42 Å². The van der Waals surface area contributed by atoms with Crippen LogP contribution in [-0.4, -0.2) is 40.6 Å². The maximum Gasteiger partial charge on any atom is 0.374 e. The third-order valence-electron chi connectivity index (χ3n) is 2.55. The highest BCUT2D eigenvalue weighted by atomic mass is 16.5. The molecule has 2 rings (SSSR count). The Labute approximate surface area is 101 Å². The second-order valence-corrected chi connectivity index (χ2v) is 3.89. The molecule has 0 aromatic carbocycles. The van der Waals surface area contributed by atoms with Gasteiger partial charge in [-0.25, -0.2) is 4.79 Å². The molecule has 8 nitrogen and oxygen atoms in total. The quantitative estimate of drug-likeness (QED) is 0.660. The van der Waals surface area contributed by atoms with Gasteiger partial charge in [0.25, 0.3) is 5.91 Å². The van der Waals surface area contributed by atoms with Crippen LogP contribution in [0.5, 0.6) is 0 Å². The number of aromatic nitrogens is 1. The summed E-state index contributed by atoms with van der Waals surface area (Å²) in [6.45, 7) is 0.355. The van der Waals surface area contributed by atoms with Crippen molar-refractivity contribution in [3.05, 3.63) is 17.5 Å². The predicted octanol–water partition coefficient (Wildman–Crippen LogP) is -0.619. The van der Waals surface area contributed by atoms with E-state index < -0.39 is 17.6 Å². The van der Waals surface area contributed by atoms with E-state index >= 15 is 0 Å². The summed E-state index contributed by atoms with van der Waals surface area (Å²) in [5, 5.41) is 17.2. The third kappa shape index (κ3) is 2.65. The van der Waals surface area contributed by atoms with E-state index in [0.29, 0.717) is 19.4 Å². The minimum atomic E-state index is -1.29. The summed E-state index contributed by atoms with van der Waals surface area (Å²) in [7, 11) is 0. The lowest BCUT2D eigenvalue weighted by molar-refractivity contribution is -0.122. The van der Waals surface area contributed by atoms with Crippen LogP contribution in [0.4, 0.5) is 0 Å². The number of amides is 2. The van der Waals surface area contributed by atoms with Crippen molar-refractivity contribution in [2.75, 3.05) is 6.54 Å². The van der Waals surface area contributed by atoms with Gasteiger partial charge in [0.1, 0.15) is 0 Å². The summed E-state index contributed by atoms with van der Waals surface area (Å²) >= 11 is 0. The molecule has 0 radical (unpaired) electrons. The Balaban J connectivity index is 1.94. The van der Waals surface area contributed by atoms with Crippen LogP contribution in [-0.2, 0) is 4.79 Å². The predicted molar refractivity (Wildman–Crippen MR) is 57.0 cm³/mol. The summed E-state index contributed by atoms with van der Waals surface area (Å²) in [6.07, 6.45) is 0.894. The van der Waals surface area contributed by atoms with Gasteiger partial charge in [-0.3, -0.25) is 9.59 Å². The molecule has 1 unspecified atom stereocenters. The van der Waals surface area contributed by atoms with Crippen molar-refractivity contribution < 1.29 is 24.0 Å². The minimum Gasteiger partial charge on any atom is -0.475 e. The highest BCUT2D eigenvalue weighted by Crippen LogP contribution is 2.06. The number of piperidine rings is 1. The third-order valence-corrected chi connectivity index (χ3v) is 2.55. The van der Waals surface area contributed by atoms with Gasteiger partial charge in [0.15, 0.2) is 5.69 Å². The van der Waals surface area contributed by atoms with Crippen LogP contribution < -0.4 is 10.6 Å². The van der Waals surface area contributed by atoms with Crippen LogP contribution in [0.15, 0.2) is 10.6 Å². The fourth-order valence-electron chi connectivity index (χ4n) is 1.60. The van der Waals surface area contributed by atoms with Crippen molar-refractivity contribution in [2.45, 2.75) is 18.9 Å². The van der Waals surface area contributed by atoms with Gasteiger partial charge in [0, 0.05) is 25.1 Å². The fraction of sp³-hybridized carbons (Fsp3) is 0.400. The van der Waals surface area contributed by atoms with E-state index in [0.717, 1.165) is 6.07 Å². The van der Waals surface area contributed by atoms with Crippen LogP contribution in [0.2, 0.25) is 0 Å². The molecular formula is C10H11N3O5. The van der Waals surface area contributed by atoms with Gasteiger partial charge < -0.3 is 20.3 Å². The fourth-order valence-corrected chi connectivity index (χ4v) is 1.60. The number of carbonyl (C=O) groups is 3. The van der Waals surface area contributed by atoms with E-state index in [1.54, 1.807) is 0 Å². The van der Waals surface area contributed by atoms with E-state index in [2.05, 4.69) is 20.3 Å². The molecule has 2 amide bonds. The van der Waals surface area contributed by atoms with Gasteiger partial charge in [-0.1, -0.05) is 5.16 Å². The summed E-state index contributed by atoms with van der Waals surface area (Å²) < 4.78 is 4.47.